The number of carbonyl (C=O) groups is 2. The molecule has 49 heavy (non-hydrogen) atoms. The molecule has 2 aliphatic rings. The molecule has 4 aromatic rings. The van der Waals surface area contributed by atoms with Gasteiger partial charge in [0.15, 0.2) is 17.3 Å². The molecule has 2 aromatic carbocycles. The van der Waals surface area contributed by atoms with Gasteiger partial charge < -0.3 is 25.6 Å². The van der Waals surface area contributed by atoms with Crippen molar-refractivity contribution >= 4 is 40.6 Å². The number of carboxylic acid groups (broad SMARTS) is 1. The number of fused-ring (bicyclic) bond motifs is 1. The summed E-state index contributed by atoms with van der Waals surface area (Å²) >= 11 is 6.81. The number of imidazole rings is 1. The molecule has 0 radical (unpaired) electrons. The summed E-state index contributed by atoms with van der Waals surface area (Å²) in [5, 5.41) is 17.3. The molecule has 1 saturated heterocycles. The molecule has 2 aromatic heterocycles. The van der Waals surface area contributed by atoms with Crippen molar-refractivity contribution in [1.29, 1.82) is 0 Å². The molecule has 0 bridgehead atoms. The van der Waals surface area contributed by atoms with Crippen molar-refractivity contribution < 1.29 is 36.6 Å². The summed E-state index contributed by atoms with van der Waals surface area (Å²) in [6.45, 7) is 2.80. The van der Waals surface area contributed by atoms with E-state index in [1.54, 1.807) is 18.3 Å². The first kappa shape index (κ1) is 35.9. The maximum Gasteiger partial charge on any atom is 0.490 e. The maximum atomic E-state index is 13.7. The summed E-state index contributed by atoms with van der Waals surface area (Å²) in [6.07, 6.45) is 4.26. The number of anilines is 1. The van der Waals surface area contributed by atoms with Crippen LogP contribution in [0, 0.1) is 17.6 Å². The number of amides is 1. The lowest BCUT2D eigenvalue weighted by Crippen LogP contribution is -2.36. The van der Waals surface area contributed by atoms with E-state index in [4.69, 9.17) is 31.5 Å². The molecular formula is C33H35ClF5N7O3. The van der Waals surface area contributed by atoms with E-state index in [0.29, 0.717) is 57.1 Å². The third-order valence-electron chi connectivity index (χ3n) is 8.42. The highest BCUT2D eigenvalue weighted by Crippen LogP contribution is 2.32. The molecule has 3 heterocycles. The number of halogens is 6. The smallest absolute Gasteiger partial charge is 0.475 e. The third-order valence-corrected chi connectivity index (χ3v) is 8.73. The Morgan fingerprint density at radius 2 is 1.76 bits per heavy atom. The third kappa shape index (κ3) is 9.41. The van der Waals surface area contributed by atoms with E-state index in [1.807, 2.05) is 6.07 Å². The Hall–Kier alpha value is -4.37. The van der Waals surface area contributed by atoms with E-state index in [-0.39, 0.29) is 18.5 Å². The van der Waals surface area contributed by atoms with Crippen LogP contribution in [0.15, 0.2) is 42.6 Å². The van der Waals surface area contributed by atoms with Crippen LogP contribution in [0.5, 0.6) is 0 Å². The Morgan fingerprint density at radius 1 is 1.00 bits per heavy atom. The first-order valence-corrected chi connectivity index (χ1v) is 16.3. The molecule has 6 rings (SSSR count). The molecule has 1 aliphatic carbocycles. The number of aliphatic carboxylic acids is 1. The lowest BCUT2D eigenvalue weighted by atomic mass is 9.95. The molecule has 262 valence electrons. The Morgan fingerprint density at radius 3 is 2.41 bits per heavy atom. The number of hydrogen-bond acceptors (Lipinski definition) is 7. The van der Waals surface area contributed by atoms with E-state index in [0.717, 1.165) is 63.7 Å². The van der Waals surface area contributed by atoms with Gasteiger partial charge in [0.05, 0.1) is 11.2 Å². The lowest BCUT2D eigenvalue weighted by molar-refractivity contribution is -0.192. The van der Waals surface area contributed by atoms with Gasteiger partial charge in [-0.2, -0.15) is 18.2 Å². The molecule has 10 nitrogen and oxygen atoms in total. The highest BCUT2D eigenvalue weighted by molar-refractivity contribution is 6.33. The van der Waals surface area contributed by atoms with Gasteiger partial charge in [-0.15, -0.1) is 0 Å². The van der Waals surface area contributed by atoms with Crippen LogP contribution in [0.2, 0.25) is 5.02 Å². The minimum absolute atomic E-state index is 0.111. The molecule has 0 spiro atoms. The fourth-order valence-electron chi connectivity index (χ4n) is 5.90. The first-order chi connectivity index (χ1) is 23.4. The van der Waals surface area contributed by atoms with Gasteiger partial charge >= 0.3 is 12.1 Å². The summed E-state index contributed by atoms with van der Waals surface area (Å²) in [5.74, 6) is -3.27. The van der Waals surface area contributed by atoms with E-state index >= 15 is 0 Å². The minimum Gasteiger partial charge on any atom is -0.475 e. The van der Waals surface area contributed by atoms with Gasteiger partial charge in [-0.05, 0) is 80.6 Å². The van der Waals surface area contributed by atoms with Crippen LogP contribution < -0.4 is 16.0 Å². The van der Waals surface area contributed by atoms with E-state index < -0.39 is 23.8 Å². The number of carbonyl (C=O) groups excluding carboxylic acids is 1. The number of hydrogen-bond donors (Lipinski definition) is 4. The van der Waals surface area contributed by atoms with E-state index in [9.17, 15) is 26.7 Å². The Bertz CT molecular complexity index is 1790. The zero-order valence-electron chi connectivity index (χ0n) is 26.3. The van der Waals surface area contributed by atoms with Crippen LogP contribution in [0.4, 0.5) is 27.9 Å². The van der Waals surface area contributed by atoms with Crippen LogP contribution in [0.1, 0.15) is 60.9 Å². The molecule has 1 atom stereocenters. The van der Waals surface area contributed by atoms with E-state index in [1.165, 1.54) is 12.5 Å². The standard InChI is InChI=1S/C31H34ClF2N7O.C2HF3O2/c32-24-14-21(30(42)38-22-6-2-1-3-7-22)9-10-23(24)28-39-27-17-37-31(36-16-19-8-11-25(33)26(34)13-19)40-29(27)41(28)18-20-5-4-12-35-15-20;3-2(4,5)1(6)7/h8-11,13-14,17,20,22,35H,1-7,12,15-16,18H2,(H,38,42)(H,36,37,40);(H,6,7). The number of nitrogens with one attached hydrogen (secondary N) is 3. The molecule has 2 fully saturated rings. The average molecular weight is 708 g/mol. The number of aromatic nitrogens is 4. The van der Waals surface area contributed by atoms with Crippen molar-refractivity contribution in [3.63, 3.8) is 0 Å². The molecule has 1 saturated carbocycles. The van der Waals surface area contributed by atoms with Crippen LogP contribution in [-0.2, 0) is 17.9 Å². The summed E-state index contributed by atoms with van der Waals surface area (Å²) in [7, 11) is 0. The molecule has 16 heteroatoms. The van der Waals surface area contributed by atoms with Gasteiger partial charge in [0.25, 0.3) is 5.91 Å². The van der Waals surface area contributed by atoms with Crippen molar-refractivity contribution in [2.24, 2.45) is 5.92 Å². The van der Waals surface area contributed by atoms with Gasteiger partial charge in [-0.3, -0.25) is 4.79 Å². The van der Waals surface area contributed by atoms with Crippen LogP contribution in [-0.4, -0.2) is 61.8 Å². The number of alkyl halides is 3. The molecule has 1 aliphatic heterocycles. The predicted molar refractivity (Wildman–Crippen MR) is 173 cm³/mol. The fourth-order valence-corrected chi connectivity index (χ4v) is 6.17. The maximum absolute atomic E-state index is 13.7. The van der Waals surface area contributed by atoms with Gasteiger partial charge in [-0.1, -0.05) is 36.9 Å². The van der Waals surface area contributed by atoms with Crippen molar-refractivity contribution in [3.05, 3.63) is 70.4 Å². The summed E-state index contributed by atoms with van der Waals surface area (Å²) in [4.78, 5) is 35.9. The van der Waals surface area contributed by atoms with E-state index in [2.05, 4.69) is 25.5 Å². The number of carboxylic acids is 1. The van der Waals surface area contributed by atoms with Crippen LogP contribution in [0.3, 0.4) is 0 Å². The number of nitrogens with zero attached hydrogens (tertiary/aromatic N) is 4. The Labute approximate surface area is 283 Å². The average Bonchev–Trinajstić information content (AvgIpc) is 3.43. The number of benzene rings is 2. The largest absolute Gasteiger partial charge is 0.490 e. The van der Waals surface area contributed by atoms with Crippen molar-refractivity contribution in [3.8, 4) is 11.4 Å². The van der Waals surface area contributed by atoms with Crippen LogP contribution in [0.25, 0.3) is 22.6 Å². The first-order valence-electron chi connectivity index (χ1n) is 15.9. The molecule has 1 unspecified atom stereocenters. The molecule has 4 N–H and O–H groups in total. The SMILES string of the molecule is O=C(NC1CCCCC1)c1ccc(-c2nc3cnc(NCc4ccc(F)c(F)c4)nc3n2CC2CCCNC2)c(Cl)c1.O=C(O)C(F)(F)F. The summed E-state index contributed by atoms with van der Waals surface area (Å²) < 4.78 is 60.8. The van der Waals surface area contributed by atoms with Gasteiger partial charge in [0.2, 0.25) is 5.95 Å². The number of piperidine rings is 1. The second-order valence-electron chi connectivity index (χ2n) is 12.1. The normalized spacial score (nSPS) is 16.9. The van der Waals surface area contributed by atoms with Gasteiger partial charge in [0, 0.05) is 30.3 Å². The predicted octanol–water partition coefficient (Wildman–Crippen LogP) is 6.73. The zero-order valence-corrected chi connectivity index (χ0v) is 27.1. The number of rotatable bonds is 8. The quantitative estimate of drug-likeness (QED) is 0.148. The van der Waals surface area contributed by atoms with Crippen LogP contribution >= 0.6 is 11.6 Å². The summed E-state index contributed by atoms with van der Waals surface area (Å²) in [5.41, 5.74) is 3.07. The summed E-state index contributed by atoms with van der Waals surface area (Å²) in [6, 6.07) is 9.34. The lowest BCUT2D eigenvalue weighted by Gasteiger charge is -2.24. The minimum atomic E-state index is -5.08. The van der Waals surface area contributed by atoms with Crippen molar-refractivity contribution in [2.45, 2.75) is 70.3 Å². The second kappa shape index (κ2) is 15.9. The second-order valence-corrected chi connectivity index (χ2v) is 12.5. The van der Waals surface area contributed by atoms with Crippen molar-refractivity contribution in [2.75, 3.05) is 18.4 Å². The fraction of sp³-hybridized carbons (Fsp3) is 0.424. The molecule has 1 amide bonds. The monoisotopic (exact) mass is 707 g/mol. The van der Waals surface area contributed by atoms with Crippen molar-refractivity contribution in [1.82, 2.24) is 30.2 Å². The Kier molecular flexibility index (Phi) is 11.7. The molecular weight excluding hydrogens is 673 g/mol. The highest BCUT2D eigenvalue weighted by atomic mass is 35.5. The Balaban J connectivity index is 0.000000606. The van der Waals surface area contributed by atoms with Gasteiger partial charge in [-0.25, -0.2) is 23.5 Å². The topological polar surface area (TPSA) is 134 Å². The highest BCUT2D eigenvalue weighted by Gasteiger charge is 2.38. The zero-order chi connectivity index (χ0) is 35.1. The van der Waals surface area contributed by atoms with Gasteiger partial charge in [0.1, 0.15) is 11.3 Å².